The highest BCUT2D eigenvalue weighted by Gasteiger charge is 2.47. The second-order valence-corrected chi connectivity index (χ2v) is 18.8. The maximum atomic E-state index is 14.5. The summed E-state index contributed by atoms with van der Waals surface area (Å²) in [4.78, 5) is 13.2. The molecule has 45 heavy (non-hydrogen) atoms. The number of piperidine rings is 1. The number of aliphatic hydroxyl groups is 2. The number of halogens is 2. The highest BCUT2D eigenvalue weighted by atomic mass is 28.4. The average Bonchev–Trinajstić information content (AvgIpc) is 2.98. The summed E-state index contributed by atoms with van der Waals surface area (Å²) in [6, 6.07) is 15.8. The molecule has 0 saturated carbocycles. The minimum atomic E-state index is -2.10. The number of rotatable bonds is 10. The van der Waals surface area contributed by atoms with Crippen LogP contribution in [-0.4, -0.2) is 47.7 Å². The Labute approximate surface area is 266 Å². The fourth-order valence-electron chi connectivity index (χ4n) is 7.78. The van der Waals surface area contributed by atoms with E-state index in [9.17, 15) is 28.9 Å². The molecule has 1 aliphatic heterocycles. The molecule has 0 aromatic heterocycles. The molecular formula is C36H47F2NO5Si. The molecular weight excluding hydrogens is 592 g/mol. The van der Waals surface area contributed by atoms with E-state index in [1.165, 1.54) is 4.90 Å². The van der Waals surface area contributed by atoms with Crippen molar-refractivity contribution in [3.63, 3.8) is 0 Å². The lowest BCUT2D eigenvalue weighted by molar-refractivity contribution is -0.0437. The van der Waals surface area contributed by atoms with E-state index in [-0.39, 0.29) is 30.6 Å². The van der Waals surface area contributed by atoms with Crippen LogP contribution in [0.1, 0.15) is 81.7 Å². The van der Waals surface area contributed by atoms with E-state index in [0.29, 0.717) is 28.8 Å². The lowest BCUT2D eigenvalue weighted by Gasteiger charge is -2.45. The van der Waals surface area contributed by atoms with Crippen LogP contribution in [0.4, 0.5) is 13.6 Å². The number of nitrogens with zero attached hydrogens (tertiary/aromatic N) is 1. The normalized spacial score (nSPS) is 19.2. The Morgan fingerprint density at radius 3 is 2.18 bits per heavy atom. The van der Waals surface area contributed by atoms with Gasteiger partial charge in [0.25, 0.3) is 0 Å². The van der Waals surface area contributed by atoms with E-state index in [0.717, 1.165) is 34.4 Å². The molecule has 0 unspecified atom stereocenters. The van der Waals surface area contributed by atoms with Gasteiger partial charge in [-0.2, -0.15) is 0 Å². The quantitative estimate of drug-likeness (QED) is 0.194. The second-order valence-electron chi connectivity index (χ2n) is 13.4. The van der Waals surface area contributed by atoms with Gasteiger partial charge in [0.05, 0.1) is 13.2 Å². The van der Waals surface area contributed by atoms with E-state index in [2.05, 4.69) is 53.7 Å². The van der Waals surface area contributed by atoms with Crippen molar-refractivity contribution in [1.82, 2.24) is 4.90 Å². The minimum absolute atomic E-state index is 0.00460. The summed E-state index contributed by atoms with van der Waals surface area (Å²) >= 11 is 0. The molecule has 3 aromatic carbocycles. The highest BCUT2D eigenvalue weighted by Crippen LogP contribution is 2.47. The molecule has 2 atom stereocenters. The summed E-state index contributed by atoms with van der Waals surface area (Å²) in [5.74, 6) is -3.05. The third kappa shape index (κ3) is 6.59. The van der Waals surface area contributed by atoms with Gasteiger partial charge in [0.2, 0.25) is 8.32 Å². The molecule has 0 radical (unpaired) electrons. The van der Waals surface area contributed by atoms with Crippen LogP contribution in [-0.2, 0) is 23.2 Å². The number of hydrogen-bond donors (Lipinski definition) is 3. The van der Waals surface area contributed by atoms with Crippen LogP contribution in [0, 0.1) is 18.6 Å². The summed E-state index contributed by atoms with van der Waals surface area (Å²) < 4.78 is 35.5. The Kier molecular flexibility index (Phi) is 10.6. The van der Waals surface area contributed by atoms with Gasteiger partial charge in [0.15, 0.2) is 11.6 Å². The van der Waals surface area contributed by atoms with Gasteiger partial charge in [-0.1, -0.05) is 84.0 Å². The first kappa shape index (κ1) is 34.8. The van der Waals surface area contributed by atoms with Gasteiger partial charge in [-0.3, -0.25) is 0 Å². The average molecular weight is 640 g/mol. The largest absolute Gasteiger partial charge is 0.465 e. The molecule has 6 nitrogen and oxygen atoms in total. The van der Waals surface area contributed by atoms with Gasteiger partial charge < -0.3 is 24.6 Å². The van der Waals surface area contributed by atoms with E-state index < -0.39 is 44.2 Å². The maximum absolute atomic E-state index is 14.5. The maximum Gasteiger partial charge on any atom is 0.407 e. The number of amides is 1. The molecule has 1 fully saturated rings. The Bertz CT molecular complexity index is 1510. The zero-order valence-corrected chi connectivity index (χ0v) is 28.4. The number of aryl methyl sites for hydroxylation is 1. The Balaban J connectivity index is 1.76. The van der Waals surface area contributed by atoms with Crippen LogP contribution in [0.3, 0.4) is 0 Å². The molecule has 0 bridgehead atoms. The number of carbonyl (C=O) groups is 1. The lowest BCUT2D eigenvalue weighted by atomic mass is 9.70. The molecule has 4 rings (SSSR count). The third-order valence-electron chi connectivity index (χ3n) is 9.95. The first-order valence-electron chi connectivity index (χ1n) is 15.8. The summed E-state index contributed by atoms with van der Waals surface area (Å²) in [7, 11) is -2.10. The van der Waals surface area contributed by atoms with E-state index >= 15 is 0 Å². The summed E-state index contributed by atoms with van der Waals surface area (Å²) in [6.45, 7) is 15.4. The van der Waals surface area contributed by atoms with Crippen molar-refractivity contribution in [3.05, 3.63) is 94.0 Å². The molecule has 0 spiro atoms. The SMILES string of the molecule is Cc1cc(-c2ccccc2CO[Si](C(C)C)(C(C)C)C(C)C)ccc1[C@H]1CN(C(=O)O)CC[C@]1(O)c1cc(F)c(F)cc1CO. The number of likely N-dealkylation sites (tertiary alicyclic amines) is 1. The first-order valence-corrected chi connectivity index (χ1v) is 17.9. The monoisotopic (exact) mass is 639 g/mol. The van der Waals surface area contributed by atoms with Crippen LogP contribution >= 0.6 is 0 Å². The van der Waals surface area contributed by atoms with Crippen molar-refractivity contribution in [1.29, 1.82) is 0 Å². The zero-order chi connectivity index (χ0) is 33.3. The van der Waals surface area contributed by atoms with Gasteiger partial charge in [0, 0.05) is 19.0 Å². The Morgan fingerprint density at radius 1 is 0.978 bits per heavy atom. The van der Waals surface area contributed by atoms with Crippen LogP contribution in [0.15, 0.2) is 54.6 Å². The van der Waals surface area contributed by atoms with Crippen LogP contribution in [0.2, 0.25) is 16.6 Å². The van der Waals surface area contributed by atoms with Crippen molar-refractivity contribution < 1.29 is 33.3 Å². The van der Waals surface area contributed by atoms with Gasteiger partial charge in [0.1, 0.15) is 5.60 Å². The molecule has 9 heteroatoms. The lowest BCUT2D eigenvalue weighted by Crippen LogP contribution is -2.50. The van der Waals surface area contributed by atoms with Crippen molar-refractivity contribution in [3.8, 4) is 11.1 Å². The van der Waals surface area contributed by atoms with Crippen LogP contribution < -0.4 is 0 Å². The molecule has 1 amide bonds. The minimum Gasteiger partial charge on any atom is -0.465 e. The third-order valence-corrected chi connectivity index (χ3v) is 16.0. The summed E-state index contributed by atoms with van der Waals surface area (Å²) in [5, 5.41) is 32.0. The van der Waals surface area contributed by atoms with Crippen molar-refractivity contribution in [2.45, 2.75) is 96.2 Å². The van der Waals surface area contributed by atoms with E-state index in [4.69, 9.17) is 4.43 Å². The summed E-state index contributed by atoms with van der Waals surface area (Å²) in [6.07, 6.45) is -1.17. The van der Waals surface area contributed by atoms with Crippen molar-refractivity contribution in [2.24, 2.45) is 0 Å². The molecule has 0 aliphatic carbocycles. The van der Waals surface area contributed by atoms with E-state index in [1.807, 2.05) is 37.3 Å². The molecule has 244 valence electrons. The second kappa shape index (κ2) is 13.7. The van der Waals surface area contributed by atoms with Crippen LogP contribution in [0.5, 0.6) is 0 Å². The highest BCUT2D eigenvalue weighted by molar-refractivity contribution is 6.77. The predicted molar refractivity (Wildman–Crippen MR) is 176 cm³/mol. The Hall–Kier alpha value is -3.11. The number of carboxylic acid groups (broad SMARTS) is 1. The van der Waals surface area contributed by atoms with Gasteiger partial charge in [-0.25, -0.2) is 13.6 Å². The number of hydrogen-bond acceptors (Lipinski definition) is 4. The van der Waals surface area contributed by atoms with Gasteiger partial charge >= 0.3 is 6.09 Å². The smallest absolute Gasteiger partial charge is 0.407 e. The van der Waals surface area contributed by atoms with Crippen molar-refractivity contribution in [2.75, 3.05) is 13.1 Å². The number of aliphatic hydroxyl groups excluding tert-OH is 1. The van der Waals surface area contributed by atoms with Gasteiger partial charge in [-0.15, -0.1) is 0 Å². The molecule has 1 saturated heterocycles. The molecule has 3 aromatic rings. The molecule has 1 heterocycles. The fourth-order valence-corrected chi connectivity index (χ4v) is 13.2. The number of benzene rings is 3. The topological polar surface area (TPSA) is 90.2 Å². The standard InChI is InChI=1S/C36H47F2NO5Si/c1-22(2)45(23(3)4,24(5)6)44-21-27-10-8-9-11-30(27)26-12-13-29(25(7)16-26)32-19-39(35(41)42)15-14-36(32,43)31-18-34(38)33(37)17-28(31)20-40/h8-13,16-18,22-24,32,40,43H,14-15,19-21H2,1-7H3,(H,41,42)/t32-,36+/m1/s1. The first-order chi connectivity index (χ1) is 21.2. The van der Waals surface area contributed by atoms with Crippen LogP contribution in [0.25, 0.3) is 11.1 Å². The fraction of sp³-hybridized carbons (Fsp3) is 0.472. The van der Waals surface area contributed by atoms with Crippen molar-refractivity contribution >= 4 is 14.4 Å². The zero-order valence-electron chi connectivity index (χ0n) is 27.4. The molecule has 3 N–H and O–H groups in total. The Morgan fingerprint density at radius 2 is 1.60 bits per heavy atom. The predicted octanol–water partition coefficient (Wildman–Crippen LogP) is 8.48. The van der Waals surface area contributed by atoms with E-state index in [1.54, 1.807) is 0 Å². The molecule has 1 aliphatic rings. The van der Waals surface area contributed by atoms with Gasteiger partial charge in [-0.05, 0) is 81.0 Å². The summed E-state index contributed by atoms with van der Waals surface area (Å²) in [5.41, 5.74) is 4.32.